The van der Waals surface area contributed by atoms with Gasteiger partial charge in [0.1, 0.15) is 11.4 Å². The third-order valence-corrected chi connectivity index (χ3v) is 7.93. The highest BCUT2D eigenvalue weighted by Crippen LogP contribution is 2.54. The van der Waals surface area contributed by atoms with Gasteiger partial charge in [-0.2, -0.15) is 0 Å². The Balaban J connectivity index is 1.64. The maximum atomic E-state index is 11.8. The summed E-state index contributed by atoms with van der Waals surface area (Å²) in [4.78, 5) is 4.70. The van der Waals surface area contributed by atoms with Crippen LogP contribution >= 0.6 is 11.6 Å². The van der Waals surface area contributed by atoms with Crippen LogP contribution in [0.15, 0.2) is 4.99 Å². The molecule has 5 heteroatoms. The molecule has 0 aromatic rings. The van der Waals surface area contributed by atoms with E-state index in [4.69, 9.17) is 27.1 Å². The molecule has 0 aromatic carbocycles. The molecule has 0 radical (unpaired) electrons. The second-order valence-corrected chi connectivity index (χ2v) is 9.11. The third kappa shape index (κ3) is 2.52. The molecule has 3 aliphatic carbocycles. The standard InChI is InChI=1S/C19H31ClN2O2/c1-24-17-9-7-14(12-4-2-3-5-13(12)17)19(23)15-10-11(20)6-8-16(15)22-18(19)21/h11-17,23H,2-10H2,1H3,(H2,21,22). The van der Waals surface area contributed by atoms with Crippen molar-refractivity contribution in [3.63, 3.8) is 0 Å². The molecule has 0 saturated heterocycles. The summed E-state index contributed by atoms with van der Waals surface area (Å²) in [6.45, 7) is 0. The van der Waals surface area contributed by atoms with Crippen LogP contribution in [-0.4, -0.2) is 41.2 Å². The van der Waals surface area contributed by atoms with Gasteiger partial charge in [0, 0.05) is 18.4 Å². The lowest BCUT2D eigenvalue weighted by molar-refractivity contribution is -0.113. The molecule has 3 fully saturated rings. The minimum absolute atomic E-state index is 0.112. The van der Waals surface area contributed by atoms with Gasteiger partial charge in [-0.25, -0.2) is 0 Å². The second-order valence-electron chi connectivity index (χ2n) is 8.49. The highest BCUT2D eigenvalue weighted by molar-refractivity contribution is 6.20. The molecule has 3 N–H and O–H groups in total. The van der Waals surface area contributed by atoms with E-state index in [-0.39, 0.29) is 23.3 Å². The van der Waals surface area contributed by atoms with Gasteiger partial charge in [0.25, 0.3) is 0 Å². The number of nitrogens with two attached hydrogens (primary N) is 1. The number of rotatable bonds is 2. The van der Waals surface area contributed by atoms with Gasteiger partial charge in [-0.1, -0.05) is 12.8 Å². The highest BCUT2D eigenvalue weighted by atomic mass is 35.5. The first-order valence-corrected chi connectivity index (χ1v) is 10.2. The van der Waals surface area contributed by atoms with Gasteiger partial charge >= 0.3 is 0 Å². The molecule has 0 aromatic heterocycles. The fourth-order valence-corrected chi connectivity index (χ4v) is 6.75. The van der Waals surface area contributed by atoms with Gasteiger partial charge < -0.3 is 15.6 Å². The van der Waals surface area contributed by atoms with Gasteiger partial charge in [-0.3, -0.25) is 4.99 Å². The average Bonchev–Trinajstić information content (AvgIpc) is 2.85. The Morgan fingerprint density at radius 2 is 1.83 bits per heavy atom. The van der Waals surface area contributed by atoms with Crippen molar-refractivity contribution in [1.82, 2.24) is 0 Å². The molecule has 0 bridgehead atoms. The van der Waals surface area contributed by atoms with Crippen molar-refractivity contribution in [1.29, 1.82) is 0 Å². The van der Waals surface area contributed by atoms with Crippen molar-refractivity contribution >= 4 is 17.4 Å². The Hall–Kier alpha value is -0.320. The molecule has 4 rings (SSSR count). The average molecular weight is 355 g/mol. The number of ether oxygens (including phenoxy) is 1. The molecule has 3 saturated carbocycles. The van der Waals surface area contributed by atoms with Crippen molar-refractivity contribution in [2.45, 2.75) is 80.9 Å². The summed E-state index contributed by atoms with van der Waals surface area (Å²) in [5, 5.41) is 12.0. The SMILES string of the molecule is COC1CCC(C2(O)C(N)=NC3CCC(Cl)CC32)C2CCCCC12. The summed E-state index contributed by atoms with van der Waals surface area (Å²) in [7, 11) is 1.84. The lowest BCUT2D eigenvalue weighted by Crippen LogP contribution is -2.60. The molecule has 8 atom stereocenters. The summed E-state index contributed by atoms with van der Waals surface area (Å²) in [6, 6.07) is 0.173. The van der Waals surface area contributed by atoms with Crippen molar-refractivity contribution in [2.75, 3.05) is 7.11 Å². The minimum atomic E-state index is -0.947. The second kappa shape index (κ2) is 6.44. The normalized spacial score (nSPS) is 51.6. The molecule has 0 amide bonds. The number of methoxy groups -OCH3 is 1. The first kappa shape index (κ1) is 17.1. The molecule has 0 spiro atoms. The fraction of sp³-hybridized carbons (Fsp3) is 0.947. The van der Waals surface area contributed by atoms with Crippen molar-refractivity contribution in [3.8, 4) is 0 Å². The smallest absolute Gasteiger partial charge is 0.129 e. The number of aliphatic hydroxyl groups is 1. The van der Waals surface area contributed by atoms with E-state index in [1.807, 2.05) is 7.11 Å². The van der Waals surface area contributed by atoms with E-state index in [0.29, 0.717) is 23.8 Å². The summed E-state index contributed by atoms with van der Waals surface area (Å²) in [6.07, 6.45) is 10.1. The van der Waals surface area contributed by atoms with E-state index in [9.17, 15) is 5.11 Å². The predicted octanol–water partition coefficient (Wildman–Crippen LogP) is 3.10. The van der Waals surface area contributed by atoms with E-state index in [1.165, 1.54) is 25.7 Å². The van der Waals surface area contributed by atoms with Crippen LogP contribution in [-0.2, 0) is 4.74 Å². The minimum Gasteiger partial charge on any atom is -0.385 e. The van der Waals surface area contributed by atoms with Crippen molar-refractivity contribution in [3.05, 3.63) is 0 Å². The van der Waals surface area contributed by atoms with E-state index < -0.39 is 5.60 Å². The summed E-state index contributed by atoms with van der Waals surface area (Å²) in [5.74, 6) is 1.89. The Kier molecular flexibility index (Phi) is 4.59. The van der Waals surface area contributed by atoms with Crippen LogP contribution in [0.3, 0.4) is 0 Å². The molecule has 24 heavy (non-hydrogen) atoms. The Morgan fingerprint density at radius 3 is 2.58 bits per heavy atom. The van der Waals surface area contributed by atoms with E-state index in [2.05, 4.69) is 0 Å². The molecule has 1 heterocycles. The molecular weight excluding hydrogens is 324 g/mol. The molecule has 136 valence electrons. The molecule has 1 aliphatic heterocycles. The van der Waals surface area contributed by atoms with Crippen molar-refractivity contribution < 1.29 is 9.84 Å². The van der Waals surface area contributed by atoms with E-state index in [1.54, 1.807) is 0 Å². The van der Waals surface area contributed by atoms with Crippen LogP contribution in [0.4, 0.5) is 0 Å². The fourth-order valence-electron chi connectivity index (χ4n) is 6.43. The molecule has 4 nitrogen and oxygen atoms in total. The predicted molar refractivity (Wildman–Crippen MR) is 96.3 cm³/mol. The van der Waals surface area contributed by atoms with Crippen molar-refractivity contribution in [2.24, 2.45) is 34.4 Å². The zero-order valence-corrected chi connectivity index (χ0v) is 15.4. The number of aliphatic imine (C=N–C) groups is 1. The van der Waals surface area contributed by atoms with Crippen LogP contribution in [0.2, 0.25) is 0 Å². The number of nitrogens with zero attached hydrogens (tertiary/aromatic N) is 1. The Labute approximate surface area is 150 Å². The zero-order valence-electron chi connectivity index (χ0n) is 14.7. The van der Waals surface area contributed by atoms with Crippen LogP contribution < -0.4 is 5.73 Å². The summed E-state index contributed by atoms with van der Waals surface area (Å²) in [5.41, 5.74) is 5.42. The number of alkyl halides is 1. The number of hydrogen-bond acceptors (Lipinski definition) is 4. The topological polar surface area (TPSA) is 67.8 Å². The number of hydrogen-bond donors (Lipinski definition) is 2. The van der Waals surface area contributed by atoms with Crippen LogP contribution in [0.5, 0.6) is 0 Å². The van der Waals surface area contributed by atoms with E-state index in [0.717, 1.165) is 32.1 Å². The third-order valence-electron chi connectivity index (χ3n) is 7.53. The first-order chi connectivity index (χ1) is 11.6. The summed E-state index contributed by atoms with van der Waals surface area (Å²) < 4.78 is 5.79. The van der Waals surface area contributed by atoms with Gasteiger partial charge in [0.2, 0.25) is 0 Å². The lowest BCUT2D eigenvalue weighted by Gasteiger charge is -2.52. The van der Waals surface area contributed by atoms with Crippen LogP contribution in [0.25, 0.3) is 0 Å². The number of halogens is 1. The largest absolute Gasteiger partial charge is 0.385 e. The van der Waals surface area contributed by atoms with Gasteiger partial charge in [-0.05, 0) is 62.7 Å². The quantitative estimate of drug-likeness (QED) is 0.749. The molecule has 8 unspecified atom stereocenters. The van der Waals surface area contributed by atoms with Crippen LogP contribution in [0.1, 0.15) is 57.8 Å². The Morgan fingerprint density at radius 1 is 1.08 bits per heavy atom. The van der Waals surface area contributed by atoms with Gasteiger partial charge in [0.05, 0.1) is 12.1 Å². The lowest BCUT2D eigenvalue weighted by atomic mass is 9.56. The highest BCUT2D eigenvalue weighted by Gasteiger charge is 2.59. The first-order valence-electron chi connectivity index (χ1n) is 9.78. The van der Waals surface area contributed by atoms with Gasteiger partial charge in [-0.15, -0.1) is 11.6 Å². The van der Waals surface area contributed by atoms with Gasteiger partial charge in [0.15, 0.2) is 0 Å². The maximum Gasteiger partial charge on any atom is 0.129 e. The molecular formula is C19H31ClN2O2. The number of fused-ring (bicyclic) bond motifs is 2. The zero-order chi connectivity index (χ0) is 16.9. The molecule has 4 aliphatic rings. The maximum absolute atomic E-state index is 11.8. The summed E-state index contributed by atoms with van der Waals surface area (Å²) >= 11 is 6.46. The van der Waals surface area contributed by atoms with E-state index >= 15 is 0 Å². The monoisotopic (exact) mass is 354 g/mol. The van der Waals surface area contributed by atoms with Crippen LogP contribution in [0, 0.1) is 23.7 Å². The number of amidine groups is 1. The Bertz CT molecular complexity index is 514.